The SMILES string of the molecule is CC[C@@H](C)N1CCC[C@@]2(CN(c3ccc(=O)n(C)c3)C2=O)C1. The van der Waals surface area contributed by atoms with Gasteiger partial charge in [-0.2, -0.15) is 0 Å². The highest BCUT2D eigenvalue weighted by Crippen LogP contribution is 2.42. The summed E-state index contributed by atoms with van der Waals surface area (Å²) in [5.74, 6) is 0.221. The van der Waals surface area contributed by atoms with Crippen LogP contribution in [0.15, 0.2) is 23.1 Å². The van der Waals surface area contributed by atoms with E-state index in [1.54, 1.807) is 19.3 Å². The summed E-state index contributed by atoms with van der Waals surface area (Å²) in [4.78, 5) is 28.6. The second-order valence-corrected chi connectivity index (χ2v) is 6.84. The molecule has 22 heavy (non-hydrogen) atoms. The molecular formula is C17H25N3O2. The summed E-state index contributed by atoms with van der Waals surface area (Å²) in [6, 6.07) is 3.82. The summed E-state index contributed by atoms with van der Waals surface area (Å²) in [5.41, 5.74) is 0.585. The van der Waals surface area contributed by atoms with Crippen LogP contribution in [0.3, 0.4) is 0 Å². The van der Waals surface area contributed by atoms with Gasteiger partial charge in [0, 0.05) is 38.4 Å². The van der Waals surface area contributed by atoms with Crippen LogP contribution >= 0.6 is 0 Å². The van der Waals surface area contributed by atoms with Gasteiger partial charge in [-0.15, -0.1) is 0 Å². The van der Waals surface area contributed by atoms with Crippen molar-refractivity contribution < 1.29 is 4.79 Å². The molecule has 1 spiro atoms. The fourth-order valence-electron chi connectivity index (χ4n) is 3.69. The maximum absolute atomic E-state index is 12.8. The summed E-state index contributed by atoms with van der Waals surface area (Å²) in [6.07, 6.45) is 4.95. The smallest absolute Gasteiger partial charge is 0.250 e. The van der Waals surface area contributed by atoms with Gasteiger partial charge in [0.25, 0.3) is 0 Å². The number of aromatic nitrogens is 1. The Bertz CT molecular complexity index is 639. The molecule has 0 bridgehead atoms. The maximum Gasteiger partial charge on any atom is 0.250 e. The van der Waals surface area contributed by atoms with Gasteiger partial charge in [-0.05, 0) is 38.8 Å². The molecule has 2 saturated heterocycles. The number of likely N-dealkylation sites (tertiary alicyclic amines) is 1. The Hall–Kier alpha value is -1.62. The van der Waals surface area contributed by atoms with E-state index in [1.807, 2.05) is 4.90 Å². The molecule has 1 aromatic heterocycles. The average molecular weight is 303 g/mol. The Balaban J connectivity index is 1.75. The van der Waals surface area contributed by atoms with Crippen LogP contribution < -0.4 is 10.5 Å². The molecule has 0 unspecified atom stereocenters. The first-order chi connectivity index (χ1) is 10.5. The van der Waals surface area contributed by atoms with Crippen LogP contribution in [-0.2, 0) is 11.8 Å². The van der Waals surface area contributed by atoms with Gasteiger partial charge in [0.05, 0.1) is 11.1 Å². The minimum atomic E-state index is -0.198. The second-order valence-electron chi connectivity index (χ2n) is 6.84. The largest absolute Gasteiger partial charge is 0.317 e. The number of hydrogen-bond donors (Lipinski definition) is 0. The van der Waals surface area contributed by atoms with E-state index in [-0.39, 0.29) is 16.9 Å². The van der Waals surface area contributed by atoms with E-state index in [0.29, 0.717) is 6.04 Å². The van der Waals surface area contributed by atoms with Gasteiger partial charge in [0.1, 0.15) is 0 Å². The van der Waals surface area contributed by atoms with Gasteiger partial charge in [0.2, 0.25) is 11.5 Å². The molecule has 5 nitrogen and oxygen atoms in total. The van der Waals surface area contributed by atoms with Crippen molar-refractivity contribution in [2.75, 3.05) is 24.5 Å². The average Bonchev–Trinajstić information content (AvgIpc) is 2.54. The van der Waals surface area contributed by atoms with Crippen molar-refractivity contribution >= 4 is 11.6 Å². The van der Waals surface area contributed by atoms with Gasteiger partial charge >= 0.3 is 0 Å². The molecule has 2 atom stereocenters. The molecular weight excluding hydrogens is 278 g/mol. The summed E-state index contributed by atoms with van der Waals surface area (Å²) < 4.78 is 1.53. The predicted octanol–water partition coefficient (Wildman–Crippen LogP) is 1.61. The number of anilines is 1. The highest BCUT2D eigenvalue weighted by Gasteiger charge is 2.54. The van der Waals surface area contributed by atoms with E-state index in [9.17, 15) is 9.59 Å². The number of nitrogens with zero attached hydrogens (tertiary/aromatic N) is 3. The monoisotopic (exact) mass is 303 g/mol. The van der Waals surface area contributed by atoms with E-state index in [2.05, 4.69) is 18.7 Å². The second kappa shape index (κ2) is 5.54. The quantitative estimate of drug-likeness (QED) is 0.797. The summed E-state index contributed by atoms with van der Waals surface area (Å²) in [6.45, 7) is 7.20. The zero-order valence-electron chi connectivity index (χ0n) is 13.7. The van der Waals surface area contributed by atoms with Crippen molar-refractivity contribution in [2.24, 2.45) is 12.5 Å². The van der Waals surface area contributed by atoms with E-state index < -0.39 is 0 Å². The Morgan fingerprint density at radius 2 is 2.05 bits per heavy atom. The Morgan fingerprint density at radius 3 is 2.68 bits per heavy atom. The zero-order chi connectivity index (χ0) is 15.9. The lowest BCUT2D eigenvalue weighted by Gasteiger charge is -2.54. The van der Waals surface area contributed by atoms with Crippen LogP contribution in [0.5, 0.6) is 0 Å². The van der Waals surface area contributed by atoms with Crippen molar-refractivity contribution in [3.05, 3.63) is 28.7 Å². The number of aryl methyl sites for hydroxylation is 1. The lowest BCUT2D eigenvalue weighted by Crippen LogP contribution is -2.68. The normalized spacial score (nSPS) is 27.0. The van der Waals surface area contributed by atoms with Crippen molar-refractivity contribution in [1.29, 1.82) is 0 Å². The molecule has 1 amide bonds. The topological polar surface area (TPSA) is 45.5 Å². The summed E-state index contributed by atoms with van der Waals surface area (Å²) >= 11 is 0. The predicted molar refractivity (Wildman–Crippen MR) is 87.0 cm³/mol. The molecule has 3 heterocycles. The number of piperidine rings is 1. The van der Waals surface area contributed by atoms with E-state index in [0.717, 1.165) is 44.6 Å². The molecule has 0 aromatic carbocycles. The summed E-state index contributed by atoms with van der Waals surface area (Å²) in [7, 11) is 1.72. The highest BCUT2D eigenvalue weighted by atomic mass is 16.2. The third-order valence-electron chi connectivity index (χ3n) is 5.36. The number of β-lactam (4-membered cyclic amide) rings is 1. The first-order valence-corrected chi connectivity index (χ1v) is 8.19. The Morgan fingerprint density at radius 1 is 1.27 bits per heavy atom. The molecule has 120 valence electrons. The molecule has 0 saturated carbocycles. The number of hydrogen-bond acceptors (Lipinski definition) is 3. The molecule has 2 aliphatic rings. The van der Waals surface area contributed by atoms with E-state index in [1.165, 1.54) is 10.6 Å². The van der Waals surface area contributed by atoms with Gasteiger partial charge < -0.3 is 9.47 Å². The van der Waals surface area contributed by atoms with Gasteiger partial charge in [0.15, 0.2) is 0 Å². The van der Waals surface area contributed by atoms with E-state index >= 15 is 0 Å². The molecule has 5 heteroatoms. The number of rotatable bonds is 3. The molecule has 1 aromatic rings. The molecule has 0 radical (unpaired) electrons. The molecule has 2 fully saturated rings. The van der Waals surface area contributed by atoms with Crippen molar-refractivity contribution in [3.63, 3.8) is 0 Å². The lowest BCUT2D eigenvalue weighted by molar-refractivity contribution is -0.140. The minimum Gasteiger partial charge on any atom is -0.317 e. The number of carbonyl (C=O) groups excluding carboxylic acids is 1. The standard InChI is InChI=1S/C17H25N3O2/c1-4-13(2)19-9-5-8-17(11-19)12-20(16(17)22)14-6-7-15(21)18(3)10-14/h6-7,10,13H,4-5,8-9,11-12H2,1-3H3/t13-,17+/m1/s1. The van der Waals surface area contributed by atoms with Gasteiger partial charge in [-0.25, -0.2) is 0 Å². The van der Waals surface area contributed by atoms with Crippen molar-refractivity contribution in [3.8, 4) is 0 Å². The van der Waals surface area contributed by atoms with Gasteiger partial charge in [-0.3, -0.25) is 14.5 Å². The number of amides is 1. The first kappa shape index (κ1) is 15.3. The van der Waals surface area contributed by atoms with Crippen LogP contribution in [0.1, 0.15) is 33.1 Å². The first-order valence-electron chi connectivity index (χ1n) is 8.19. The highest BCUT2D eigenvalue weighted by molar-refractivity contribution is 6.04. The zero-order valence-corrected chi connectivity index (χ0v) is 13.7. The van der Waals surface area contributed by atoms with Crippen LogP contribution in [0, 0.1) is 5.41 Å². The lowest BCUT2D eigenvalue weighted by atomic mass is 9.72. The van der Waals surface area contributed by atoms with Crippen molar-refractivity contribution in [1.82, 2.24) is 9.47 Å². The number of pyridine rings is 1. The molecule has 3 rings (SSSR count). The third kappa shape index (κ3) is 2.37. The van der Waals surface area contributed by atoms with E-state index in [4.69, 9.17) is 0 Å². The fourth-order valence-corrected chi connectivity index (χ4v) is 3.69. The fraction of sp³-hybridized carbons (Fsp3) is 0.647. The third-order valence-corrected chi connectivity index (χ3v) is 5.36. The van der Waals surface area contributed by atoms with Gasteiger partial charge in [-0.1, -0.05) is 6.92 Å². The van der Waals surface area contributed by atoms with Crippen LogP contribution in [0.4, 0.5) is 5.69 Å². The van der Waals surface area contributed by atoms with Crippen LogP contribution in [0.2, 0.25) is 0 Å². The number of carbonyl (C=O) groups is 1. The maximum atomic E-state index is 12.8. The minimum absolute atomic E-state index is 0.0490. The molecule has 0 aliphatic carbocycles. The molecule has 0 N–H and O–H groups in total. The Kier molecular flexibility index (Phi) is 3.85. The summed E-state index contributed by atoms with van der Waals surface area (Å²) in [5, 5.41) is 0. The van der Waals surface area contributed by atoms with Crippen molar-refractivity contribution in [2.45, 2.75) is 39.2 Å². The Labute approximate surface area is 131 Å². The molecule has 2 aliphatic heterocycles. The van der Waals surface area contributed by atoms with Crippen LogP contribution in [-0.4, -0.2) is 41.1 Å². The van der Waals surface area contributed by atoms with Crippen LogP contribution in [0.25, 0.3) is 0 Å².